The summed E-state index contributed by atoms with van der Waals surface area (Å²) < 4.78 is 10.6. The first kappa shape index (κ1) is 17.7. The molecule has 0 aliphatic carbocycles. The summed E-state index contributed by atoms with van der Waals surface area (Å²) in [4.78, 5) is 34.0. The Balaban J connectivity index is 1.50. The van der Waals surface area contributed by atoms with Gasteiger partial charge in [0.25, 0.3) is 5.91 Å². The Kier molecular flexibility index (Phi) is 4.71. The smallest absolute Gasteiger partial charge is 0.316 e. The van der Waals surface area contributed by atoms with E-state index in [1.54, 1.807) is 41.4 Å². The Labute approximate surface area is 160 Å². The molecule has 1 aliphatic heterocycles. The maximum Gasteiger partial charge on any atom is 0.316 e. The van der Waals surface area contributed by atoms with Crippen LogP contribution in [0.25, 0.3) is 11.4 Å². The largest absolute Gasteiger partial charge is 0.482 e. The molecular formula is C19H17N5O4. The number of pyridine rings is 1. The molecule has 1 N–H and O–H groups in total. The summed E-state index contributed by atoms with van der Waals surface area (Å²) in [6, 6.07) is 10.7. The molecule has 0 fully saturated rings. The maximum atomic E-state index is 12.2. The van der Waals surface area contributed by atoms with Gasteiger partial charge in [0.15, 0.2) is 6.61 Å². The van der Waals surface area contributed by atoms with Gasteiger partial charge < -0.3 is 19.5 Å². The molecule has 1 aromatic carbocycles. The molecule has 2 amide bonds. The summed E-state index contributed by atoms with van der Waals surface area (Å²) in [6.07, 6.45) is 1.65. The molecule has 3 heterocycles. The van der Waals surface area contributed by atoms with E-state index in [1.165, 1.54) is 0 Å². The Hall–Kier alpha value is -3.75. The SMILES string of the molecule is CCN1C(=O)COc2cc(-c3noc(C(=O)NCc4ccccn4)n3)ccc21. The average Bonchev–Trinajstić information content (AvgIpc) is 3.23. The fourth-order valence-corrected chi connectivity index (χ4v) is 2.87. The van der Waals surface area contributed by atoms with Crippen LogP contribution in [0.15, 0.2) is 47.1 Å². The minimum absolute atomic E-state index is 0.0162. The average molecular weight is 379 g/mol. The van der Waals surface area contributed by atoms with Gasteiger partial charge >= 0.3 is 11.8 Å². The molecule has 0 atom stereocenters. The van der Waals surface area contributed by atoms with Gasteiger partial charge in [-0.15, -0.1) is 0 Å². The number of carbonyl (C=O) groups is 2. The molecule has 0 unspecified atom stereocenters. The molecule has 28 heavy (non-hydrogen) atoms. The zero-order valence-electron chi connectivity index (χ0n) is 15.1. The van der Waals surface area contributed by atoms with Gasteiger partial charge in [-0.2, -0.15) is 4.98 Å². The lowest BCUT2D eigenvalue weighted by Crippen LogP contribution is -2.38. The fourth-order valence-electron chi connectivity index (χ4n) is 2.87. The number of benzene rings is 1. The van der Waals surface area contributed by atoms with Crippen LogP contribution in [0.1, 0.15) is 23.3 Å². The second-order valence-corrected chi connectivity index (χ2v) is 6.04. The van der Waals surface area contributed by atoms with Crippen molar-refractivity contribution in [2.45, 2.75) is 13.5 Å². The molecule has 142 valence electrons. The molecular weight excluding hydrogens is 362 g/mol. The number of nitrogens with one attached hydrogen (secondary N) is 1. The van der Waals surface area contributed by atoms with Crippen LogP contribution in [0.5, 0.6) is 5.75 Å². The van der Waals surface area contributed by atoms with Crippen LogP contribution in [-0.2, 0) is 11.3 Å². The fraction of sp³-hybridized carbons (Fsp3) is 0.211. The zero-order valence-corrected chi connectivity index (χ0v) is 15.1. The predicted octanol–water partition coefficient (Wildman–Crippen LogP) is 1.81. The first-order valence-electron chi connectivity index (χ1n) is 8.75. The van der Waals surface area contributed by atoms with Crippen molar-refractivity contribution in [1.82, 2.24) is 20.4 Å². The second-order valence-electron chi connectivity index (χ2n) is 6.04. The highest BCUT2D eigenvalue weighted by molar-refractivity contribution is 5.98. The number of carbonyl (C=O) groups excluding carboxylic acids is 2. The molecule has 0 spiro atoms. The number of anilines is 1. The molecule has 0 bridgehead atoms. The van der Waals surface area contributed by atoms with Crippen molar-refractivity contribution in [3.63, 3.8) is 0 Å². The lowest BCUT2D eigenvalue weighted by Gasteiger charge is -2.28. The van der Waals surface area contributed by atoms with E-state index >= 15 is 0 Å². The van der Waals surface area contributed by atoms with Crippen LogP contribution in [0.4, 0.5) is 5.69 Å². The summed E-state index contributed by atoms with van der Waals surface area (Å²) >= 11 is 0. The van der Waals surface area contributed by atoms with E-state index < -0.39 is 5.91 Å². The third-order valence-corrected chi connectivity index (χ3v) is 4.25. The van der Waals surface area contributed by atoms with Gasteiger partial charge in [-0.3, -0.25) is 14.6 Å². The van der Waals surface area contributed by atoms with Crippen molar-refractivity contribution in [2.75, 3.05) is 18.1 Å². The number of hydrogen-bond acceptors (Lipinski definition) is 7. The van der Waals surface area contributed by atoms with Crippen LogP contribution in [0.2, 0.25) is 0 Å². The number of fused-ring (bicyclic) bond motifs is 1. The van der Waals surface area contributed by atoms with Crippen molar-refractivity contribution < 1.29 is 18.8 Å². The first-order chi connectivity index (χ1) is 13.7. The third kappa shape index (κ3) is 3.41. The Morgan fingerprint density at radius 2 is 2.18 bits per heavy atom. The van der Waals surface area contributed by atoms with Crippen LogP contribution in [-0.4, -0.2) is 40.1 Å². The zero-order chi connectivity index (χ0) is 19.5. The lowest BCUT2D eigenvalue weighted by molar-refractivity contribution is -0.121. The van der Waals surface area contributed by atoms with Gasteiger partial charge in [0.05, 0.1) is 17.9 Å². The summed E-state index contributed by atoms with van der Waals surface area (Å²) in [7, 11) is 0. The Bertz CT molecular complexity index is 1020. The Morgan fingerprint density at radius 1 is 1.29 bits per heavy atom. The lowest BCUT2D eigenvalue weighted by atomic mass is 10.1. The third-order valence-electron chi connectivity index (χ3n) is 4.25. The minimum Gasteiger partial charge on any atom is -0.482 e. The molecule has 4 rings (SSSR count). The van der Waals surface area contributed by atoms with E-state index in [-0.39, 0.29) is 30.8 Å². The topological polar surface area (TPSA) is 110 Å². The molecule has 3 aromatic rings. The standard InChI is InChI=1S/C19H17N5O4/c1-2-24-14-7-6-12(9-15(14)27-11-16(24)25)17-22-19(28-23-17)18(26)21-10-13-5-3-4-8-20-13/h3-9H,2,10-11H2,1H3,(H,21,26). The van der Waals surface area contributed by atoms with Crippen molar-refractivity contribution in [2.24, 2.45) is 0 Å². The molecule has 9 heteroatoms. The highest BCUT2D eigenvalue weighted by atomic mass is 16.5. The van der Waals surface area contributed by atoms with Crippen LogP contribution >= 0.6 is 0 Å². The van der Waals surface area contributed by atoms with Gasteiger partial charge in [0, 0.05) is 18.3 Å². The number of hydrogen-bond donors (Lipinski definition) is 1. The molecule has 0 saturated heterocycles. The number of rotatable bonds is 5. The monoisotopic (exact) mass is 379 g/mol. The van der Waals surface area contributed by atoms with Crippen LogP contribution in [0.3, 0.4) is 0 Å². The van der Waals surface area contributed by atoms with Crippen molar-refractivity contribution in [3.8, 4) is 17.1 Å². The summed E-state index contributed by atoms with van der Waals surface area (Å²) in [5.74, 6) is 0.102. The Morgan fingerprint density at radius 3 is 2.96 bits per heavy atom. The molecule has 0 saturated carbocycles. The number of amides is 2. The summed E-state index contributed by atoms with van der Waals surface area (Å²) in [5.41, 5.74) is 2.04. The van der Waals surface area contributed by atoms with Gasteiger partial charge in [-0.05, 0) is 37.3 Å². The molecule has 2 aromatic heterocycles. The minimum atomic E-state index is -0.485. The predicted molar refractivity (Wildman–Crippen MR) is 98.7 cm³/mol. The molecule has 1 aliphatic rings. The van der Waals surface area contributed by atoms with Gasteiger partial charge in [-0.1, -0.05) is 11.2 Å². The van der Waals surface area contributed by atoms with Gasteiger partial charge in [0.1, 0.15) is 5.75 Å². The number of ether oxygens (including phenoxy) is 1. The van der Waals surface area contributed by atoms with E-state index in [4.69, 9.17) is 9.26 Å². The second kappa shape index (κ2) is 7.47. The maximum absolute atomic E-state index is 12.2. The van der Waals surface area contributed by atoms with E-state index in [2.05, 4.69) is 20.4 Å². The van der Waals surface area contributed by atoms with Crippen molar-refractivity contribution in [3.05, 3.63) is 54.2 Å². The van der Waals surface area contributed by atoms with E-state index in [0.717, 1.165) is 5.69 Å². The number of aromatic nitrogens is 3. The highest BCUT2D eigenvalue weighted by Gasteiger charge is 2.25. The van der Waals surface area contributed by atoms with Gasteiger partial charge in [0.2, 0.25) is 5.82 Å². The van der Waals surface area contributed by atoms with Crippen molar-refractivity contribution >= 4 is 17.5 Å². The van der Waals surface area contributed by atoms with E-state index in [1.807, 2.05) is 13.0 Å². The summed E-state index contributed by atoms with van der Waals surface area (Å²) in [6.45, 7) is 2.69. The number of likely N-dealkylation sites (N-methyl/N-ethyl adjacent to an activating group) is 1. The molecule has 9 nitrogen and oxygen atoms in total. The van der Waals surface area contributed by atoms with Crippen molar-refractivity contribution in [1.29, 1.82) is 0 Å². The quantitative estimate of drug-likeness (QED) is 0.720. The highest BCUT2D eigenvalue weighted by Crippen LogP contribution is 2.35. The van der Waals surface area contributed by atoms with Crippen LogP contribution < -0.4 is 15.0 Å². The summed E-state index contributed by atoms with van der Waals surface area (Å²) in [5, 5.41) is 6.55. The van der Waals surface area contributed by atoms with Gasteiger partial charge in [-0.25, -0.2) is 0 Å². The molecule has 0 radical (unpaired) electrons. The van der Waals surface area contributed by atoms with E-state index in [0.29, 0.717) is 23.5 Å². The van der Waals surface area contributed by atoms with E-state index in [9.17, 15) is 9.59 Å². The normalized spacial score (nSPS) is 13.0. The van der Waals surface area contributed by atoms with Crippen LogP contribution in [0, 0.1) is 0 Å². The number of nitrogens with zero attached hydrogens (tertiary/aromatic N) is 4. The first-order valence-corrected chi connectivity index (χ1v) is 8.75.